The van der Waals surface area contributed by atoms with Gasteiger partial charge >= 0.3 is 12.1 Å². The van der Waals surface area contributed by atoms with Crippen molar-refractivity contribution < 1.29 is 67.3 Å². The maximum Gasteiger partial charge on any atom is 0.590 e. The standard InChI is InChI=1S/C50H74N12O16/c1-8-17-42(66)59(7)76-50(75-58(6)41(65)9-2)77-61-39-23-21-37(48(61)72)44(68)54-30-15-27-51-25-12-13-26-52-28-16-31-55-45(69)38-22-24-40(62(78-50)49(38)73)47(71)57-36(32-56-46(39)70)19-10-11-29-53-33(3)18-14-20-43(67)74-60(34(4)63)35(5)64/h21-24,36,51-53H,3,8-20,25-32H2,1-2,4-7H3,(H,54,68)(H,55,69)(H,56,70)(H,57,71)/t36-,50?/m0/s1. The first-order chi connectivity index (χ1) is 37.2. The van der Waals surface area contributed by atoms with Gasteiger partial charge in [-0.25, -0.2) is 14.9 Å². The van der Waals surface area contributed by atoms with Crippen molar-refractivity contribution in [3.8, 4) is 0 Å². The molecule has 8 amide bonds. The van der Waals surface area contributed by atoms with Crippen LogP contribution in [-0.4, -0.2) is 157 Å². The summed E-state index contributed by atoms with van der Waals surface area (Å²) in [4.78, 5) is 177. The van der Waals surface area contributed by atoms with Gasteiger partial charge in [0.05, 0.1) is 0 Å². The fraction of sp³-hybridized carbons (Fsp3) is 0.580. The quantitative estimate of drug-likeness (QED) is 0.0598. The monoisotopic (exact) mass is 1100 g/mol. The fourth-order valence-electron chi connectivity index (χ4n) is 7.63. The summed E-state index contributed by atoms with van der Waals surface area (Å²) in [6, 6.07) is 3.36. The summed E-state index contributed by atoms with van der Waals surface area (Å²) in [6.07, 6.45) is 0.526. The molecule has 28 nitrogen and oxygen atoms in total. The zero-order chi connectivity index (χ0) is 57.4. The zero-order valence-corrected chi connectivity index (χ0v) is 45.2. The number of nitrogens with zero attached hydrogens (tertiary/aromatic N) is 5. The van der Waals surface area contributed by atoms with Gasteiger partial charge in [-0.15, -0.1) is 14.5 Å². The van der Waals surface area contributed by atoms with Crippen LogP contribution in [0.4, 0.5) is 0 Å². The summed E-state index contributed by atoms with van der Waals surface area (Å²) >= 11 is 0. The molecule has 0 spiro atoms. The number of allylic oxidation sites excluding steroid dienone is 1. The van der Waals surface area contributed by atoms with Crippen LogP contribution >= 0.6 is 0 Å². The van der Waals surface area contributed by atoms with Gasteiger partial charge in [-0.1, -0.05) is 20.4 Å². The van der Waals surface area contributed by atoms with Crippen molar-refractivity contribution in [1.82, 2.24) is 61.9 Å². The number of carbonyl (C=O) groups excluding carboxylic acids is 9. The molecular formula is C50H74N12O16. The van der Waals surface area contributed by atoms with Gasteiger partial charge in [-0.05, 0) is 115 Å². The van der Waals surface area contributed by atoms with Gasteiger partial charge in [0.1, 0.15) is 22.5 Å². The molecule has 4 rings (SSSR count). The second kappa shape index (κ2) is 31.5. The molecule has 2 aromatic heterocycles. The van der Waals surface area contributed by atoms with E-state index in [1.165, 1.54) is 6.92 Å². The lowest BCUT2D eigenvalue weighted by Gasteiger charge is -2.35. The average Bonchev–Trinajstić information content (AvgIpc) is 3.46. The summed E-state index contributed by atoms with van der Waals surface area (Å²) in [5.41, 5.74) is -4.46. The van der Waals surface area contributed by atoms with Gasteiger partial charge < -0.3 is 51.7 Å². The molecule has 0 saturated carbocycles. The Bertz CT molecular complexity index is 2590. The van der Waals surface area contributed by atoms with E-state index in [4.69, 9.17) is 24.2 Å². The maximum absolute atomic E-state index is 14.8. The molecule has 28 heteroatoms. The van der Waals surface area contributed by atoms with E-state index in [-0.39, 0.29) is 67.6 Å². The summed E-state index contributed by atoms with van der Waals surface area (Å²) in [5, 5.41) is 22.0. The van der Waals surface area contributed by atoms with Crippen molar-refractivity contribution in [3.05, 3.63) is 79.8 Å². The van der Waals surface area contributed by atoms with Crippen LogP contribution in [0.15, 0.2) is 46.1 Å². The predicted molar refractivity (Wildman–Crippen MR) is 277 cm³/mol. The number of nitrogens with one attached hydrogen (secondary N) is 7. The molecule has 0 fully saturated rings. The Morgan fingerprint density at radius 2 is 1.19 bits per heavy atom. The van der Waals surface area contributed by atoms with Crippen molar-refractivity contribution in [2.45, 2.75) is 123 Å². The lowest BCUT2D eigenvalue weighted by molar-refractivity contribution is -0.564. The lowest BCUT2D eigenvalue weighted by atomic mass is 10.1. The van der Waals surface area contributed by atoms with Gasteiger partial charge in [0, 0.05) is 85.1 Å². The minimum atomic E-state index is -3.58. The van der Waals surface area contributed by atoms with Gasteiger partial charge in [-0.3, -0.25) is 47.9 Å². The van der Waals surface area contributed by atoms with Crippen molar-refractivity contribution in [3.63, 3.8) is 0 Å². The van der Waals surface area contributed by atoms with Crippen molar-refractivity contribution in [1.29, 1.82) is 0 Å². The molecule has 0 aliphatic carbocycles. The largest absolute Gasteiger partial charge is 0.590 e. The summed E-state index contributed by atoms with van der Waals surface area (Å²) in [5.74, 6) is -7.63. The highest BCUT2D eigenvalue weighted by Gasteiger charge is 2.50. The number of hydrogen-bond acceptors (Lipinski definition) is 19. The number of pyridine rings is 2. The minimum Gasteiger partial charge on any atom is -0.389 e. The van der Waals surface area contributed by atoms with Crippen molar-refractivity contribution in [2.75, 3.05) is 66.5 Å². The number of rotatable bonds is 17. The third-order valence-electron chi connectivity index (χ3n) is 11.8. The van der Waals surface area contributed by atoms with E-state index in [9.17, 15) is 52.7 Å². The van der Waals surface area contributed by atoms with E-state index in [0.717, 1.165) is 65.0 Å². The molecule has 2 atom stereocenters. The molecule has 4 heterocycles. The van der Waals surface area contributed by atoms with Gasteiger partial charge in [-0.2, -0.15) is 9.68 Å². The van der Waals surface area contributed by atoms with Crippen LogP contribution in [0, 0.1) is 0 Å². The Morgan fingerprint density at radius 1 is 0.667 bits per heavy atom. The van der Waals surface area contributed by atoms with E-state index in [2.05, 4.69) is 43.8 Å². The Balaban J connectivity index is 1.82. The number of hydrogen-bond donors (Lipinski definition) is 7. The average molecular weight is 1100 g/mol. The van der Waals surface area contributed by atoms with Crippen LogP contribution in [0.2, 0.25) is 0 Å². The summed E-state index contributed by atoms with van der Waals surface area (Å²) < 4.78 is 0.536. The van der Waals surface area contributed by atoms with E-state index in [1.54, 1.807) is 6.92 Å². The van der Waals surface area contributed by atoms with Crippen LogP contribution in [0.5, 0.6) is 0 Å². The number of amides is 8. The van der Waals surface area contributed by atoms with Crippen molar-refractivity contribution >= 4 is 53.2 Å². The molecule has 7 N–H and O–H groups in total. The molecule has 2 aliphatic heterocycles. The fourth-order valence-corrected chi connectivity index (χ4v) is 7.63. The highest BCUT2D eigenvalue weighted by atomic mass is 17.1. The molecule has 1 unspecified atom stereocenters. The SMILES string of the molecule is C=C(CCCC(=O)ON(C(C)=O)C(C)=O)NCCCC[C@H]1CNC(=O)c2ccc3c(=O)n2OC(ON(C)C(=O)CC)(ON(C)C(=O)CCC)On2c(ccc(c2=O)C(=O)NCCCNCCCCNCCCNC3=O)C(=O)N1. The Labute approximate surface area is 450 Å². The first-order valence-electron chi connectivity index (χ1n) is 26.0. The Hall–Kier alpha value is -7.69. The predicted octanol–water partition coefficient (Wildman–Crippen LogP) is -0.480. The highest BCUT2D eigenvalue weighted by Crippen LogP contribution is 2.20. The Kier molecular flexibility index (Phi) is 25.4. The van der Waals surface area contributed by atoms with Gasteiger partial charge in [0.2, 0.25) is 11.8 Å². The summed E-state index contributed by atoms with van der Waals surface area (Å²) in [7, 11) is 2.16. The second-order valence-corrected chi connectivity index (χ2v) is 18.2. The minimum absolute atomic E-state index is 0.107. The number of unbranched alkanes of at least 4 members (excludes halogenated alkanes) is 1. The number of carbonyl (C=O) groups is 9. The molecule has 0 saturated heterocycles. The molecule has 2 aliphatic rings. The zero-order valence-electron chi connectivity index (χ0n) is 45.2. The highest BCUT2D eigenvalue weighted by molar-refractivity contribution is 5.98. The topological polar surface area (TPSA) is 338 Å². The molecule has 4 bridgehead atoms. The van der Waals surface area contributed by atoms with E-state index >= 15 is 0 Å². The molecule has 2 aromatic rings. The number of fused-ring (bicyclic) bond motifs is 4. The smallest absolute Gasteiger partial charge is 0.389 e. The maximum atomic E-state index is 14.8. The van der Waals surface area contributed by atoms with Gasteiger partial charge in [0.25, 0.3) is 46.6 Å². The van der Waals surface area contributed by atoms with Crippen LogP contribution in [0.1, 0.15) is 153 Å². The summed E-state index contributed by atoms with van der Waals surface area (Å²) in [6.45, 7) is 12.1. The van der Waals surface area contributed by atoms with E-state index in [1.807, 2.05) is 0 Å². The number of imide groups is 1. The second-order valence-electron chi connectivity index (χ2n) is 18.2. The Morgan fingerprint density at radius 3 is 1.72 bits per heavy atom. The number of hydroxylamine groups is 6. The van der Waals surface area contributed by atoms with Crippen molar-refractivity contribution in [2.24, 2.45) is 0 Å². The molecule has 0 radical (unpaired) electrons. The lowest BCUT2D eigenvalue weighted by Crippen LogP contribution is -2.63. The third kappa shape index (κ3) is 19.1. The normalized spacial score (nSPS) is 17.8. The molecule has 78 heavy (non-hydrogen) atoms. The van der Waals surface area contributed by atoms with Gasteiger partial charge in [0.15, 0.2) is 0 Å². The van der Waals surface area contributed by atoms with Crippen LogP contribution in [0.25, 0.3) is 0 Å². The molecular weight excluding hydrogens is 1020 g/mol. The number of aromatic nitrogens is 2. The van der Waals surface area contributed by atoms with E-state index in [0.29, 0.717) is 85.7 Å². The third-order valence-corrected chi connectivity index (χ3v) is 11.8. The molecule has 430 valence electrons. The molecule has 0 aromatic carbocycles. The van der Waals surface area contributed by atoms with E-state index < -0.39 is 99.1 Å². The van der Waals surface area contributed by atoms with Crippen LogP contribution < -0.4 is 58.0 Å². The van der Waals surface area contributed by atoms with Crippen LogP contribution in [-0.2, 0) is 38.5 Å². The first kappa shape index (κ1) is 62.8. The van der Waals surface area contributed by atoms with Crippen LogP contribution in [0.3, 0.4) is 0 Å². The first-order valence-corrected chi connectivity index (χ1v) is 26.0.